The molecule has 0 atom stereocenters. The highest BCUT2D eigenvalue weighted by molar-refractivity contribution is 7.99. The van der Waals surface area contributed by atoms with Gasteiger partial charge in [-0.25, -0.2) is 4.68 Å². The summed E-state index contributed by atoms with van der Waals surface area (Å²) in [4.78, 5) is 12.0. The van der Waals surface area contributed by atoms with E-state index in [4.69, 9.17) is 0 Å². The molecule has 3 aromatic rings. The number of nitrogens with zero attached hydrogens (tertiary/aromatic N) is 5. The van der Waals surface area contributed by atoms with Crippen LogP contribution in [0.25, 0.3) is 5.69 Å². The van der Waals surface area contributed by atoms with Crippen molar-refractivity contribution in [3.8, 4) is 5.69 Å². The maximum atomic E-state index is 12.0. The number of benzene rings is 1. The normalized spacial score (nSPS) is 10.9. The third-order valence-corrected chi connectivity index (χ3v) is 5.19. The third-order valence-electron chi connectivity index (χ3n) is 4.16. The van der Waals surface area contributed by atoms with Crippen molar-refractivity contribution in [2.24, 2.45) is 7.05 Å². The Labute approximate surface area is 163 Å². The molecule has 0 fully saturated rings. The van der Waals surface area contributed by atoms with E-state index in [0.717, 1.165) is 40.0 Å². The summed E-state index contributed by atoms with van der Waals surface area (Å²) in [5.74, 6) is 0.839. The minimum absolute atomic E-state index is 0.0659. The molecule has 0 aliphatic rings. The third kappa shape index (κ3) is 5.19. The van der Waals surface area contributed by atoms with Crippen molar-refractivity contribution in [3.63, 3.8) is 0 Å². The van der Waals surface area contributed by atoms with Gasteiger partial charge in [-0.05, 0) is 44.0 Å². The minimum atomic E-state index is 0.0659. The first kappa shape index (κ1) is 19.2. The fourth-order valence-electron chi connectivity index (χ4n) is 2.78. The molecule has 1 amide bonds. The first-order chi connectivity index (χ1) is 13.0. The van der Waals surface area contributed by atoms with E-state index in [0.29, 0.717) is 13.0 Å². The average molecular weight is 385 g/mol. The van der Waals surface area contributed by atoms with E-state index in [9.17, 15) is 4.79 Å². The first-order valence-corrected chi connectivity index (χ1v) is 9.87. The van der Waals surface area contributed by atoms with Crippen molar-refractivity contribution < 1.29 is 4.79 Å². The Kier molecular flexibility index (Phi) is 6.28. The number of carbonyl (C=O) groups is 1. The van der Waals surface area contributed by atoms with Gasteiger partial charge in [0.05, 0.1) is 11.4 Å². The van der Waals surface area contributed by atoms with Gasteiger partial charge in [-0.3, -0.25) is 4.79 Å². The van der Waals surface area contributed by atoms with Gasteiger partial charge in [-0.2, -0.15) is 5.10 Å². The topological polar surface area (TPSA) is 77.6 Å². The van der Waals surface area contributed by atoms with E-state index in [-0.39, 0.29) is 5.91 Å². The summed E-state index contributed by atoms with van der Waals surface area (Å²) < 4.78 is 3.79. The van der Waals surface area contributed by atoms with Crippen LogP contribution in [0.1, 0.15) is 23.4 Å². The molecule has 0 unspecified atom stereocenters. The van der Waals surface area contributed by atoms with Crippen molar-refractivity contribution in [2.75, 3.05) is 12.3 Å². The predicted molar refractivity (Wildman–Crippen MR) is 106 cm³/mol. The van der Waals surface area contributed by atoms with E-state index >= 15 is 0 Å². The first-order valence-electron chi connectivity index (χ1n) is 8.89. The molecule has 2 aromatic heterocycles. The number of thioether (sulfide) groups is 1. The van der Waals surface area contributed by atoms with Crippen LogP contribution in [-0.2, 0) is 18.3 Å². The number of rotatable bonds is 8. The molecule has 0 radical (unpaired) electrons. The number of hydrogen-bond acceptors (Lipinski definition) is 5. The molecule has 0 aliphatic heterocycles. The van der Waals surface area contributed by atoms with Crippen LogP contribution >= 0.6 is 11.8 Å². The Balaban J connectivity index is 1.41. The van der Waals surface area contributed by atoms with Crippen LogP contribution < -0.4 is 5.32 Å². The number of aryl methyl sites for hydroxylation is 4. The van der Waals surface area contributed by atoms with E-state index < -0.39 is 0 Å². The van der Waals surface area contributed by atoms with Crippen molar-refractivity contribution in [2.45, 2.75) is 31.8 Å². The zero-order valence-corrected chi connectivity index (χ0v) is 16.7. The zero-order valence-electron chi connectivity index (χ0n) is 15.8. The van der Waals surface area contributed by atoms with Crippen LogP contribution in [0.5, 0.6) is 0 Å². The summed E-state index contributed by atoms with van der Waals surface area (Å²) in [6.07, 6.45) is 2.87. The summed E-state index contributed by atoms with van der Waals surface area (Å²) in [7, 11) is 1.90. The molecule has 27 heavy (non-hydrogen) atoms. The Morgan fingerprint density at radius 2 is 2.00 bits per heavy atom. The number of carbonyl (C=O) groups excluding carboxylic acids is 1. The number of amides is 1. The maximum absolute atomic E-state index is 12.0. The highest BCUT2D eigenvalue weighted by Crippen LogP contribution is 2.14. The molecule has 8 heteroatoms. The highest BCUT2D eigenvalue weighted by Gasteiger charge is 2.06. The molecule has 3 rings (SSSR count). The SMILES string of the molecule is Cc1cc(C)n(-c2ccc(CCC(=O)NCCSc3nncn3C)cc2)n1. The van der Waals surface area contributed by atoms with Crippen molar-refractivity contribution >= 4 is 17.7 Å². The molecule has 0 bridgehead atoms. The highest BCUT2D eigenvalue weighted by atomic mass is 32.2. The Morgan fingerprint density at radius 1 is 1.22 bits per heavy atom. The molecule has 7 nitrogen and oxygen atoms in total. The summed E-state index contributed by atoms with van der Waals surface area (Å²) >= 11 is 1.58. The molecule has 0 aliphatic carbocycles. The second-order valence-electron chi connectivity index (χ2n) is 6.43. The van der Waals surface area contributed by atoms with Gasteiger partial charge in [0.15, 0.2) is 5.16 Å². The van der Waals surface area contributed by atoms with Crippen molar-refractivity contribution in [3.05, 3.63) is 53.6 Å². The van der Waals surface area contributed by atoms with Crippen LogP contribution in [-0.4, -0.2) is 42.7 Å². The van der Waals surface area contributed by atoms with Crippen LogP contribution in [0.3, 0.4) is 0 Å². The second kappa shape index (κ2) is 8.85. The average Bonchev–Trinajstić information content (AvgIpc) is 3.22. The molecule has 0 spiro atoms. The van der Waals surface area contributed by atoms with Crippen LogP contribution in [0.2, 0.25) is 0 Å². The Bertz CT molecular complexity index is 899. The van der Waals surface area contributed by atoms with Crippen LogP contribution in [0.15, 0.2) is 41.8 Å². The number of hydrogen-bond donors (Lipinski definition) is 1. The fourth-order valence-corrected chi connectivity index (χ4v) is 3.52. The van der Waals surface area contributed by atoms with Crippen molar-refractivity contribution in [1.29, 1.82) is 0 Å². The van der Waals surface area contributed by atoms with Gasteiger partial charge in [0.25, 0.3) is 0 Å². The quantitative estimate of drug-likeness (QED) is 0.477. The lowest BCUT2D eigenvalue weighted by atomic mass is 10.1. The monoisotopic (exact) mass is 384 g/mol. The molecule has 142 valence electrons. The fraction of sp³-hybridized carbons (Fsp3) is 0.368. The van der Waals surface area contributed by atoms with Gasteiger partial charge < -0.3 is 9.88 Å². The summed E-state index contributed by atoms with van der Waals surface area (Å²) in [6.45, 7) is 4.65. The number of aromatic nitrogens is 5. The Hall–Kier alpha value is -2.61. The Morgan fingerprint density at radius 3 is 2.63 bits per heavy atom. The molecular formula is C19H24N6OS. The van der Waals surface area contributed by atoms with Crippen LogP contribution in [0, 0.1) is 13.8 Å². The zero-order chi connectivity index (χ0) is 19.2. The molecule has 1 N–H and O–H groups in total. The van der Waals surface area contributed by atoms with E-state index in [1.54, 1.807) is 18.1 Å². The van der Waals surface area contributed by atoms with Gasteiger partial charge >= 0.3 is 0 Å². The van der Waals surface area contributed by atoms with E-state index in [1.807, 2.05) is 42.3 Å². The summed E-state index contributed by atoms with van der Waals surface area (Å²) in [6, 6.07) is 10.3. The largest absolute Gasteiger partial charge is 0.355 e. The predicted octanol–water partition coefficient (Wildman–Crippen LogP) is 2.46. The van der Waals surface area contributed by atoms with Gasteiger partial charge in [0.1, 0.15) is 6.33 Å². The molecular weight excluding hydrogens is 360 g/mol. The van der Waals surface area contributed by atoms with Crippen LogP contribution in [0.4, 0.5) is 0 Å². The molecule has 1 aromatic carbocycles. The van der Waals surface area contributed by atoms with Gasteiger partial charge in [0, 0.05) is 31.5 Å². The summed E-state index contributed by atoms with van der Waals surface area (Å²) in [5, 5.41) is 16.1. The number of nitrogens with one attached hydrogen (secondary N) is 1. The smallest absolute Gasteiger partial charge is 0.220 e. The standard InChI is InChI=1S/C19H24N6OS/c1-14-12-15(2)25(23-14)17-7-4-16(5-8-17)6-9-18(26)20-10-11-27-19-22-21-13-24(19)3/h4-5,7-8,12-13H,6,9-11H2,1-3H3,(H,20,26). The maximum Gasteiger partial charge on any atom is 0.220 e. The lowest BCUT2D eigenvalue weighted by molar-refractivity contribution is -0.120. The molecule has 0 saturated heterocycles. The minimum Gasteiger partial charge on any atom is -0.355 e. The summed E-state index contributed by atoms with van der Waals surface area (Å²) in [5.41, 5.74) is 4.29. The lowest BCUT2D eigenvalue weighted by Crippen LogP contribution is -2.26. The van der Waals surface area contributed by atoms with Gasteiger partial charge in [-0.15, -0.1) is 10.2 Å². The van der Waals surface area contributed by atoms with E-state index in [2.05, 4.69) is 38.8 Å². The van der Waals surface area contributed by atoms with Crippen molar-refractivity contribution in [1.82, 2.24) is 29.9 Å². The van der Waals surface area contributed by atoms with Gasteiger partial charge in [-0.1, -0.05) is 23.9 Å². The van der Waals surface area contributed by atoms with E-state index in [1.165, 1.54) is 0 Å². The van der Waals surface area contributed by atoms with Gasteiger partial charge in [0.2, 0.25) is 5.91 Å². The second-order valence-corrected chi connectivity index (χ2v) is 7.49. The molecule has 0 saturated carbocycles. The lowest BCUT2D eigenvalue weighted by Gasteiger charge is -2.07. The molecule has 2 heterocycles.